The third-order valence-corrected chi connectivity index (χ3v) is 3.52. The summed E-state index contributed by atoms with van der Waals surface area (Å²) in [6.07, 6.45) is 0.973. The minimum Gasteiger partial charge on any atom is -0.493 e. The van der Waals surface area contributed by atoms with E-state index >= 15 is 0 Å². The van der Waals surface area contributed by atoms with E-state index in [1.807, 2.05) is 6.07 Å². The fourth-order valence-electron chi connectivity index (χ4n) is 2.25. The predicted molar refractivity (Wildman–Crippen MR) is 75.3 cm³/mol. The number of methoxy groups -OCH3 is 2. The fraction of sp³-hybridized carbons (Fsp3) is 0.500. The standard InChI is InChI=1S/C14H20N2O3/c1-5-9(2)16-8-14(17)15-10-6-12(18-3)13(19-4)7-11(10)16/h6-7,9H,5,8H2,1-4H3,(H,15,17). The monoisotopic (exact) mass is 264 g/mol. The number of amides is 1. The van der Waals surface area contributed by atoms with Crippen molar-refractivity contribution in [2.75, 3.05) is 31.0 Å². The van der Waals surface area contributed by atoms with Gasteiger partial charge in [-0.25, -0.2) is 0 Å². The highest BCUT2D eigenvalue weighted by atomic mass is 16.5. The van der Waals surface area contributed by atoms with Gasteiger partial charge in [0.25, 0.3) is 0 Å². The molecule has 0 saturated heterocycles. The highest BCUT2D eigenvalue weighted by Crippen LogP contribution is 2.40. The number of ether oxygens (including phenoxy) is 2. The summed E-state index contributed by atoms with van der Waals surface area (Å²) in [4.78, 5) is 13.9. The second-order valence-corrected chi connectivity index (χ2v) is 4.66. The van der Waals surface area contributed by atoms with Crippen molar-refractivity contribution in [3.8, 4) is 11.5 Å². The van der Waals surface area contributed by atoms with Crippen LogP contribution in [0.2, 0.25) is 0 Å². The number of anilines is 2. The lowest BCUT2D eigenvalue weighted by molar-refractivity contribution is -0.115. The molecule has 0 fully saturated rings. The van der Waals surface area contributed by atoms with Crippen LogP contribution in [-0.2, 0) is 4.79 Å². The molecular weight excluding hydrogens is 244 g/mol. The van der Waals surface area contributed by atoms with Gasteiger partial charge in [-0.15, -0.1) is 0 Å². The second-order valence-electron chi connectivity index (χ2n) is 4.66. The lowest BCUT2D eigenvalue weighted by Gasteiger charge is -2.35. The van der Waals surface area contributed by atoms with Gasteiger partial charge in [0.2, 0.25) is 5.91 Å². The molecule has 2 rings (SSSR count). The van der Waals surface area contributed by atoms with Crippen LogP contribution in [0.5, 0.6) is 11.5 Å². The normalized spacial score (nSPS) is 15.6. The largest absolute Gasteiger partial charge is 0.493 e. The van der Waals surface area contributed by atoms with Crippen LogP contribution < -0.4 is 19.7 Å². The van der Waals surface area contributed by atoms with Crippen molar-refractivity contribution in [3.63, 3.8) is 0 Å². The van der Waals surface area contributed by atoms with Gasteiger partial charge in [0.15, 0.2) is 11.5 Å². The maximum atomic E-state index is 11.8. The van der Waals surface area contributed by atoms with Crippen LogP contribution in [0.15, 0.2) is 12.1 Å². The summed E-state index contributed by atoms with van der Waals surface area (Å²) in [5.74, 6) is 1.29. The summed E-state index contributed by atoms with van der Waals surface area (Å²) in [5.41, 5.74) is 1.75. The molecule has 0 aromatic heterocycles. The van der Waals surface area contributed by atoms with Crippen LogP contribution >= 0.6 is 0 Å². The molecule has 1 atom stereocenters. The van der Waals surface area contributed by atoms with Gasteiger partial charge >= 0.3 is 0 Å². The number of hydrogen-bond acceptors (Lipinski definition) is 4. The first-order valence-corrected chi connectivity index (χ1v) is 6.43. The zero-order chi connectivity index (χ0) is 14.0. The molecule has 1 aromatic carbocycles. The Morgan fingerprint density at radius 3 is 2.53 bits per heavy atom. The van der Waals surface area contributed by atoms with Crippen molar-refractivity contribution in [1.82, 2.24) is 0 Å². The molecule has 1 N–H and O–H groups in total. The van der Waals surface area contributed by atoms with E-state index in [2.05, 4.69) is 24.1 Å². The number of fused-ring (bicyclic) bond motifs is 1. The predicted octanol–water partition coefficient (Wildman–Crippen LogP) is 2.26. The summed E-state index contributed by atoms with van der Waals surface area (Å²) >= 11 is 0. The Morgan fingerprint density at radius 2 is 1.95 bits per heavy atom. The summed E-state index contributed by atoms with van der Waals surface area (Å²) in [7, 11) is 3.20. The molecule has 1 unspecified atom stereocenters. The van der Waals surface area contributed by atoms with Gasteiger partial charge in [-0.3, -0.25) is 4.79 Å². The Kier molecular flexibility index (Phi) is 3.83. The van der Waals surface area contributed by atoms with Crippen LogP contribution in [0.4, 0.5) is 11.4 Å². The first-order chi connectivity index (χ1) is 9.10. The Balaban J connectivity index is 2.50. The van der Waals surface area contributed by atoms with Crippen LogP contribution in [0.1, 0.15) is 20.3 Å². The van der Waals surface area contributed by atoms with Gasteiger partial charge in [0.05, 0.1) is 32.1 Å². The van der Waals surface area contributed by atoms with Crippen molar-refractivity contribution >= 4 is 17.3 Å². The molecule has 0 saturated carbocycles. The van der Waals surface area contributed by atoms with E-state index in [1.54, 1.807) is 20.3 Å². The minimum absolute atomic E-state index is 0.0000184. The van der Waals surface area contributed by atoms with Crippen molar-refractivity contribution in [1.29, 1.82) is 0 Å². The minimum atomic E-state index is 0.0000184. The number of rotatable bonds is 4. The first-order valence-electron chi connectivity index (χ1n) is 6.43. The molecule has 5 heteroatoms. The smallest absolute Gasteiger partial charge is 0.243 e. The first kappa shape index (κ1) is 13.5. The summed E-state index contributed by atoms with van der Waals surface area (Å²) in [6, 6.07) is 4.02. The third-order valence-electron chi connectivity index (χ3n) is 3.52. The van der Waals surface area contributed by atoms with E-state index in [-0.39, 0.29) is 5.91 Å². The molecule has 0 bridgehead atoms. The van der Waals surface area contributed by atoms with E-state index in [1.165, 1.54) is 0 Å². The fourth-order valence-corrected chi connectivity index (χ4v) is 2.25. The van der Waals surface area contributed by atoms with Crippen LogP contribution in [-0.4, -0.2) is 32.7 Å². The highest BCUT2D eigenvalue weighted by Gasteiger charge is 2.26. The maximum absolute atomic E-state index is 11.8. The summed E-state index contributed by atoms with van der Waals surface area (Å²) < 4.78 is 10.6. The van der Waals surface area contributed by atoms with E-state index < -0.39 is 0 Å². The number of nitrogens with one attached hydrogen (secondary N) is 1. The van der Waals surface area contributed by atoms with Gasteiger partial charge < -0.3 is 19.7 Å². The van der Waals surface area contributed by atoms with Crippen molar-refractivity contribution < 1.29 is 14.3 Å². The average molecular weight is 264 g/mol. The number of benzene rings is 1. The van der Waals surface area contributed by atoms with E-state index in [9.17, 15) is 4.79 Å². The third kappa shape index (κ3) is 2.45. The quantitative estimate of drug-likeness (QED) is 0.906. The van der Waals surface area contributed by atoms with E-state index in [0.717, 1.165) is 17.8 Å². The van der Waals surface area contributed by atoms with Crippen LogP contribution in [0.3, 0.4) is 0 Å². The molecule has 1 aliphatic rings. The average Bonchev–Trinajstić information content (AvgIpc) is 2.43. The molecule has 0 aliphatic carbocycles. The summed E-state index contributed by atoms with van der Waals surface area (Å²) in [6.45, 7) is 4.59. The molecule has 1 heterocycles. The van der Waals surface area contributed by atoms with E-state index in [0.29, 0.717) is 24.1 Å². The number of nitrogens with zero attached hydrogens (tertiary/aromatic N) is 1. The van der Waals surface area contributed by atoms with Crippen LogP contribution in [0, 0.1) is 0 Å². The van der Waals surface area contributed by atoms with Crippen molar-refractivity contribution in [3.05, 3.63) is 12.1 Å². The molecule has 1 aromatic rings. The van der Waals surface area contributed by atoms with E-state index in [4.69, 9.17) is 9.47 Å². The Bertz CT molecular complexity index is 488. The molecule has 1 aliphatic heterocycles. The number of hydrogen-bond donors (Lipinski definition) is 1. The molecule has 0 spiro atoms. The van der Waals surface area contributed by atoms with Gasteiger partial charge in [-0.05, 0) is 13.3 Å². The Hall–Kier alpha value is -1.91. The number of carbonyl (C=O) groups excluding carboxylic acids is 1. The van der Waals surface area contributed by atoms with Crippen molar-refractivity contribution in [2.45, 2.75) is 26.3 Å². The molecule has 104 valence electrons. The van der Waals surface area contributed by atoms with Crippen LogP contribution in [0.25, 0.3) is 0 Å². The highest BCUT2D eigenvalue weighted by molar-refractivity contribution is 6.02. The SMILES string of the molecule is CCC(C)N1CC(=O)Nc2cc(OC)c(OC)cc21. The lowest BCUT2D eigenvalue weighted by atomic mass is 10.1. The zero-order valence-electron chi connectivity index (χ0n) is 11.8. The summed E-state index contributed by atoms with van der Waals surface area (Å²) in [5, 5.41) is 2.88. The molecule has 1 amide bonds. The van der Waals surface area contributed by atoms with Gasteiger partial charge in [0, 0.05) is 18.2 Å². The number of carbonyl (C=O) groups is 1. The molecule has 19 heavy (non-hydrogen) atoms. The lowest BCUT2D eigenvalue weighted by Crippen LogP contribution is -2.43. The second kappa shape index (κ2) is 5.38. The van der Waals surface area contributed by atoms with Gasteiger partial charge in [0.1, 0.15) is 0 Å². The molecular formula is C14H20N2O3. The zero-order valence-corrected chi connectivity index (χ0v) is 11.8. The molecule has 5 nitrogen and oxygen atoms in total. The molecule has 0 radical (unpaired) electrons. The topological polar surface area (TPSA) is 50.8 Å². The Morgan fingerprint density at radius 1 is 1.32 bits per heavy atom. The maximum Gasteiger partial charge on any atom is 0.243 e. The van der Waals surface area contributed by atoms with Gasteiger partial charge in [-0.2, -0.15) is 0 Å². The van der Waals surface area contributed by atoms with Crippen molar-refractivity contribution in [2.24, 2.45) is 0 Å². The van der Waals surface area contributed by atoms with Gasteiger partial charge in [-0.1, -0.05) is 6.92 Å². The Labute approximate surface area is 113 Å².